The number of nitrogens with one attached hydrogen (secondary N) is 3. The van der Waals surface area contributed by atoms with Crippen molar-refractivity contribution in [2.24, 2.45) is 5.92 Å². The number of rotatable bonds is 19. The fourth-order valence-electron chi connectivity index (χ4n) is 6.21. The van der Waals surface area contributed by atoms with E-state index in [1.54, 1.807) is 12.1 Å². The van der Waals surface area contributed by atoms with Crippen LogP contribution in [0.5, 0.6) is 5.75 Å². The second kappa shape index (κ2) is 16.5. The fraction of sp³-hybridized carbons (Fsp3) is 0.647. The largest absolute Gasteiger partial charge is 0.508 e. The van der Waals surface area contributed by atoms with Gasteiger partial charge in [0.25, 0.3) is 5.91 Å². The van der Waals surface area contributed by atoms with Gasteiger partial charge in [-0.1, -0.05) is 63.3 Å². The fourth-order valence-corrected chi connectivity index (χ4v) is 7.57. The van der Waals surface area contributed by atoms with Crippen LogP contribution >= 0.6 is 0 Å². The number of sulfonamides is 1. The van der Waals surface area contributed by atoms with Gasteiger partial charge < -0.3 is 25.4 Å². The van der Waals surface area contributed by atoms with Crippen molar-refractivity contribution in [2.75, 3.05) is 13.2 Å². The lowest BCUT2D eigenvalue weighted by Gasteiger charge is -2.30. The first-order chi connectivity index (χ1) is 22.5. The highest BCUT2D eigenvalue weighted by Gasteiger charge is 2.61. The van der Waals surface area contributed by atoms with Gasteiger partial charge in [0.15, 0.2) is 0 Å². The number of hydrogen-bond acceptors (Lipinski definition) is 8. The maximum Gasteiger partial charge on any atom is 0.407 e. The lowest BCUT2D eigenvalue weighted by Crippen LogP contribution is -2.58. The lowest BCUT2D eigenvalue weighted by molar-refractivity contribution is -0.141. The van der Waals surface area contributed by atoms with Crippen LogP contribution in [0.2, 0.25) is 0 Å². The Hall–Kier alpha value is -3.61. The topological polar surface area (TPSA) is 171 Å². The van der Waals surface area contributed by atoms with Crippen molar-refractivity contribution < 1.29 is 37.4 Å². The summed E-state index contributed by atoms with van der Waals surface area (Å²) in [6, 6.07) is 5.61. The Morgan fingerprint density at radius 3 is 2.49 bits per heavy atom. The summed E-state index contributed by atoms with van der Waals surface area (Å²) in [5.41, 5.74) is -0.481. The summed E-state index contributed by atoms with van der Waals surface area (Å²) in [6.45, 7) is 6.24. The Labute approximate surface area is 278 Å². The van der Waals surface area contributed by atoms with Crippen molar-refractivity contribution in [2.45, 2.75) is 120 Å². The molecule has 1 heterocycles. The van der Waals surface area contributed by atoms with E-state index < -0.39 is 56.7 Å². The van der Waals surface area contributed by atoms with Crippen LogP contribution in [0.25, 0.3) is 0 Å². The highest BCUT2D eigenvalue weighted by Crippen LogP contribution is 2.45. The van der Waals surface area contributed by atoms with E-state index in [0.717, 1.165) is 44.1 Å². The average Bonchev–Trinajstić information content (AvgIpc) is 3.97. The smallest absolute Gasteiger partial charge is 0.407 e. The van der Waals surface area contributed by atoms with Crippen LogP contribution in [0.15, 0.2) is 36.9 Å². The van der Waals surface area contributed by atoms with Gasteiger partial charge in [0.1, 0.15) is 23.4 Å². The van der Waals surface area contributed by atoms with Crippen LogP contribution in [0.4, 0.5) is 4.79 Å². The van der Waals surface area contributed by atoms with E-state index in [-0.39, 0.29) is 18.9 Å². The molecule has 1 aromatic rings. The lowest BCUT2D eigenvalue weighted by atomic mass is 10.0. The zero-order chi connectivity index (χ0) is 34.0. The van der Waals surface area contributed by atoms with Gasteiger partial charge in [-0.15, -0.1) is 6.58 Å². The minimum absolute atomic E-state index is 0.222. The van der Waals surface area contributed by atoms with Gasteiger partial charge in [0.2, 0.25) is 21.8 Å². The molecule has 260 valence electrons. The number of ether oxygens (including phenoxy) is 1. The number of carbonyl (C=O) groups excluding carboxylic acids is 4. The molecule has 1 aromatic carbocycles. The van der Waals surface area contributed by atoms with Crippen molar-refractivity contribution in [3.63, 3.8) is 0 Å². The van der Waals surface area contributed by atoms with E-state index in [9.17, 15) is 32.7 Å². The monoisotopic (exact) mass is 674 g/mol. The number of amides is 4. The molecule has 3 fully saturated rings. The molecule has 0 bridgehead atoms. The Morgan fingerprint density at radius 2 is 1.81 bits per heavy atom. The first-order valence-corrected chi connectivity index (χ1v) is 18.6. The SMILES string of the molecule is C=C[C@@H]1C[C@]1(NC(=O)[C@@H]1CCCN1C(=O)[C@H](CCCC)NC(=O)OCCCCCCCc1ccccc1O)C(=O)NS(=O)(=O)C1CC1. The number of phenols is 1. The summed E-state index contributed by atoms with van der Waals surface area (Å²) in [5.74, 6) is -1.80. The molecule has 2 aliphatic carbocycles. The van der Waals surface area contributed by atoms with Crippen molar-refractivity contribution in [3.8, 4) is 5.75 Å². The molecule has 1 saturated heterocycles. The van der Waals surface area contributed by atoms with Crippen molar-refractivity contribution >= 4 is 33.8 Å². The molecule has 4 atom stereocenters. The number of hydrogen-bond donors (Lipinski definition) is 4. The molecule has 4 amide bonds. The molecular weight excluding hydrogens is 624 g/mol. The molecule has 0 spiro atoms. The quantitative estimate of drug-likeness (QED) is 0.127. The summed E-state index contributed by atoms with van der Waals surface area (Å²) in [5, 5.41) is 14.8. The second-order valence-corrected chi connectivity index (χ2v) is 15.0. The highest BCUT2D eigenvalue weighted by molar-refractivity contribution is 7.91. The number of carbonyl (C=O) groups is 4. The van der Waals surface area contributed by atoms with Crippen molar-refractivity contribution in [3.05, 3.63) is 42.5 Å². The predicted molar refractivity (Wildman–Crippen MR) is 177 cm³/mol. The molecule has 3 aliphatic rings. The van der Waals surface area contributed by atoms with Crippen LogP contribution < -0.4 is 15.4 Å². The number of aromatic hydroxyl groups is 1. The first-order valence-electron chi connectivity index (χ1n) is 17.0. The zero-order valence-corrected chi connectivity index (χ0v) is 28.2. The molecule has 4 N–H and O–H groups in total. The van der Waals surface area contributed by atoms with Gasteiger partial charge in [-0.25, -0.2) is 13.2 Å². The maximum absolute atomic E-state index is 13.7. The Kier molecular flexibility index (Phi) is 12.7. The Balaban J connectivity index is 1.24. The number of nitrogens with zero attached hydrogens (tertiary/aromatic N) is 1. The molecule has 2 saturated carbocycles. The normalized spacial score (nSPS) is 22.6. The van der Waals surface area contributed by atoms with Gasteiger partial charge in [-0.3, -0.25) is 19.1 Å². The standard InChI is InChI=1S/C34H50N4O8S/c1-3-5-16-27(35-33(43)46-22-12-8-6-7-9-14-24-15-10-11-18-29(24)39)31(41)38-21-13-17-28(38)30(40)36-34(23-25(34)4-2)32(42)37-47(44,45)26-19-20-26/h4,10-11,15,18,25-28,39H,2-3,5-9,12-14,16-17,19-23H2,1H3,(H,35,43)(H,36,40)(H,37,42)/t25-,27+,28+,34-/m1/s1. The number of para-hydroxylation sites is 1. The number of alkyl carbamates (subject to hydrolysis) is 1. The third kappa shape index (κ3) is 9.71. The molecule has 13 heteroatoms. The third-order valence-electron chi connectivity index (χ3n) is 9.34. The number of likely N-dealkylation sites (tertiary alicyclic amines) is 1. The van der Waals surface area contributed by atoms with E-state index in [1.807, 2.05) is 19.1 Å². The molecule has 4 rings (SSSR count). The number of benzene rings is 1. The number of aryl methyl sites for hydroxylation is 1. The minimum atomic E-state index is -3.81. The van der Waals surface area contributed by atoms with Gasteiger partial charge in [0.05, 0.1) is 11.9 Å². The number of phenolic OH excluding ortho intramolecular Hbond substituents is 1. The first kappa shape index (κ1) is 36.2. The molecule has 0 aromatic heterocycles. The summed E-state index contributed by atoms with van der Waals surface area (Å²) >= 11 is 0. The Bertz CT molecular complexity index is 1400. The third-order valence-corrected chi connectivity index (χ3v) is 11.2. The number of unbranched alkanes of at least 4 members (excludes halogenated alkanes) is 5. The van der Waals surface area contributed by atoms with E-state index in [2.05, 4.69) is 21.9 Å². The molecule has 1 aliphatic heterocycles. The van der Waals surface area contributed by atoms with Gasteiger partial charge in [0, 0.05) is 12.5 Å². The van der Waals surface area contributed by atoms with Crippen LogP contribution in [0, 0.1) is 5.92 Å². The molecule has 12 nitrogen and oxygen atoms in total. The summed E-state index contributed by atoms with van der Waals surface area (Å²) in [4.78, 5) is 54.4. The van der Waals surface area contributed by atoms with Crippen molar-refractivity contribution in [1.29, 1.82) is 0 Å². The van der Waals surface area contributed by atoms with Gasteiger partial charge >= 0.3 is 6.09 Å². The highest BCUT2D eigenvalue weighted by atomic mass is 32.2. The van der Waals surface area contributed by atoms with E-state index in [0.29, 0.717) is 57.2 Å². The minimum Gasteiger partial charge on any atom is -0.508 e. The van der Waals surface area contributed by atoms with Crippen LogP contribution in [0.3, 0.4) is 0 Å². The predicted octanol–water partition coefficient (Wildman–Crippen LogP) is 3.83. The molecule has 0 unspecified atom stereocenters. The summed E-state index contributed by atoms with van der Waals surface area (Å²) in [7, 11) is -3.81. The van der Waals surface area contributed by atoms with E-state index >= 15 is 0 Å². The molecule has 47 heavy (non-hydrogen) atoms. The molecular formula is C34H50N4O8S. The maximum atomic E-state index is 13.7. The van der Waals surface area contributed by atoms with Crippen LogP contribution in [-0.2, 0) is 35.6 Å². The van der Waals surface area contributed by atoms with Gasteiger partial charge in [-0.2, -0.15) is 0 Å². The summed E-state index contributed by atoms with van der Waals surface area (Å²) in [6.07, 6.45) is 10.2. The van der Waals surface area contributed by atoms with Crippen LogP contribution in [0.1, 0.15) is 96.0 Å². The average molecular weight is 675 g/mol. The Morgan fingerprint density at radius 1 is 1.09 bits per heavy atom. The molecule has 0 radical (unpaired) electrons. The van der Waals surface area contributed by atoms with Crippen molar-refractivity contribution in [1.82, 2.24) is 20.3 Å². The van der Waals surface area contributed by atoms with Gasteiger partial charge in [-0.05, 0) is 69.4 Å². The van der Waals surface area contributed by atoms with E-state index in [1.165, 1.54) is 11.0 Å². The second-order valence-electron chi connectivity index (χ2n) is 13.0. The zero-order valence-electron chi connectivity index (χ0n) is 27.4. The summed E-state index contributed by atoms with van der Waals surface area (Å²) < 4.78 is 32.4. The van der Waals surface area contributed by atoms with Crippen LogP contribution in [-0.4, -0.2) is 78.3 Å². The van der Waals surface area contributed by atoms with E-state index in [4.69, 9.17) is 4.74 Å².